The van der Waals surface area contributed by atoms with Gasteiger partial charge in [0.15, 0.2) is 0 Å². The zero-order valence-electron chi connectivity index (χ0n) is 13.7. The Morgan fingerprint density at radius 1 is 1.32 bits per heavy atom. The number of fused-ring (bicyclic) bond motifs is 3. The number of rotatable bonds is 4. The first-order valence-corrected chi connectivity index (χ1v) is 8.03. The van der Waals surface area contributed by atoms with Gasteiger partial charge in [0.2, 0.25) is 0 Å². The second-order valence-electron chi connectivity index (χ2n) is 5.97. The van der Waals surface area contributed by atoms with Crippen LogP contribution in [0.15, 0.2) is 24.3 Å². The molecule has 0 aliphatic carbocycles. The Hall–Kier alpha value is -1.19. The Balaban J connectivity index is 0.00000176. The van der Waals surface area contributed by atoms with Crippen molar-refractivity contribution in [1.29, 1.82) is 0 Å². The molecule has 0 N–H and O–H groups in total. The minimum atomic E-state index is 0. The van der Waals surface area contributed by atoms with E-state index in [1.54, 1.807) is 7.11 Å². The summed E-state index contributed by atoms with van der Waals surface area (Å²) in [4.78, 5) is 2.59. The van der Waals surface area contributed by atoms with Crippen LogP contribution in [0.3, 0.4) is 0 Å². The van der Waals surface area contributed by atoms with Gasteiger partial charge in [-0.05, 0) is 49.1 Å². The molecule has 1 aromatic carbocycles. The highest BCUT2D eigenvalue weighted by Gasteiger charge is 2.34. The quantitative estimate of drug-likeness (QED) is 0.835. The zero-order valence-corrected chi connectivity index (χ0v) is 14.5. The van der Waals surface area contributed by atoms with Crippen molar-refractivity contribution in [3.63, 3.8) is 0 Å². The van der Waals surface area contributed by atoms with E-state index in [0.29, 0.717) is 12.0 Å². The molecule has 2 heterocycles. The molecule has 0 saturated carbocycles. The second-order valence-corrected chi connectivity index (χ2v) is 5.97. The van der Waals surface area contributed by atoms with Crippen molar-refractivity contribution in [2.45, 2.75) is 32.7 Å². The van der Waals surface area contributed by atoms with E-state index in [0.717, 1.165) is 31.2 Å². The molecule has 4 heteroatoms. The summed E-state index contributed by atoms with van der Waals surface area (Å²) in [5.74, 6) is 2.53. The highest BCUT2D eigenvalue weighted by molar-refractivity contribution is 5.85. The van der Waals surface area contributed by atoms with E-state index in [9.17, 15) is 0 Å². The zero-order chi connectivity index (χ0) is 14.8. The summed E-state index contributed by atoms with van der Waals surface area (Å²) < 4.78 is 11.4. The van der Waals surface area contributed by atoms with Crippen LogP contribution >= 0.6 is 12.4 Å². The summed E-state index contributed by atoms with van der Waals surface area (Å²) in [6, 6.07) is 6.52. The van der Waals surface area contributed by atoms with E-state index >= 15 is 0 Å². The summed E-state index contributed by atoms with van der Waals surface area (Å²) in [7, 11) is 1.72. The molecule has 22 heavy (non-hydrogen) atoms. The topological polar surface area (TPSA) is 21.7 Å². The lowest BCUT2D eigenvalue weighted by Crippen LogP contribution is -2.47. The van der Waals surface area contributed by atoms with Gasteiger partial charge in [-0.3, -0.25) is 4.90 Å². The predicted octanol–water partition coefficient (Wildman–Crippen LogP) is 4.01. The lowest BCUT2D eigenvalue weighted by molar-refractivity contribution is 0.139. The molecule has 0 spiro atoms. The highest BCUT2D eigenvalue weighted by atomic mass is 35.5. The maximum Gasteiger partial charge on any atom is 0.127 e. The summed E-state index contributed by atoms with van der Waals surface area (Å²) in [6.07, 6.45) is 4.85. The van der Waals surface area contributed by atoms with Crippen LogP contribution in [0.2, 0.25) is 0 Å². The maximum absolute atomic E-state index is 6.00. The van der Waals surface area contributed by atoms with E-state index in [2.05, 4.69) is 30.9 Å². The van der Waals surface area contributed by atoms with E-state index in [4.69, 9.17) is 9.47 Å². The van der Waals surface area contributed by atoms with Crippen LogP contribution in [0, 0.1) is 5.92 Å². The molecule has 122 valence electrons. The van der Waals surface area contributed by atoms with Crippen LogP contribution in [0.25, 0.3) is 5.57 Å². The molecule has 2 aliphatic heterocycles. The van der Waals surface area contributed by atoms with Crippen molar-refractivity contribution in [2.75, 3.05) is 26.8 Å². The number of methoxy groups -OCH3 is 1. The van der Waals surface area contributed by atoms with E-state index in [-0.39, 0.29) is 12.4 Å². The number of hydrogen-bond acceptors (Lipinski definition) is 3. The molecule has 0 amide bonds. The molecule has 2 aliphatic rings. The van der Waals surface area contributed by atoms with Crippen LogP contribution in [0.4, 0.5) is 0 Å². The number of benzene rings is 1. The van der Waals surface area contributed by atoms with Crippen molar-refractivity contribution in [3.8, 4) is 11.5 Å². The summed E-state index contributed by atoms with van der Waals surface area (Å²) in [5.41, 5.74) is 2.64. The van der Waals surface area contributed by atoms with Crippen LogP contribution in [0.5, 0.6) is 11.5 Å². The fraction of sp³-hybridized carbons (Fsp3) is 0.556. The minimum Gasteiger partial charge on any atom is -0.497 e. The number of ether oxygens (including phenoxy) is 2. The van der Waals surface area contributed by atoms with Gasteiger partial charge in [-0.2, -0.15) is 0 Å². The SMILES string of the molecule is CCCN1C[C@H](CC)C=C2c3cc(OC)ccc3OC[C@H]21.Cl. The first-order valence-electron chi connectivity index (χ1n) is 8.03. The first kappa shape index (κ1) is 17.2. The Morgan fingerprint density at radius 3 is 2.82 bits per heavy atom. The van der Waals surface area contributed by atoms with E-state index in [1.807, 2.05) is 12.1 Å². The molecule has 0 unspecified atom stereocenters. The summed E-state index contributed by atoms with van der Waals surface area (Å²) in [5, 5.41) is 0. The van der Waals surface area contributed by atoms with Crippen LogP contribution < -0.4 is 9.47 Å². The third-order valence-corrected chi connectivity index (χ3v) is 4.61. The average Bonchev–Trinajstić information content (AvgIpc) is 2.54. The number of hydrogen-bond donors (Lipinski definition) is 0. The first-order chi connectivity index (χ1) is 10.3. The third-order valence-electron chi connectivity index (χ3n) is 4.61. The maximum atomic E-state index is 6.00. The van der Waals surface area contributed by atoms with Gasteiger partial charge in [0, 0.05) is 12.1 Å². The molecule has 3 nitrogen and oxygen atoms in total. The molecule has 0 bridgehead atoms. The van der Waals surface area contributed by atoms with Gasteiger partial charge >= 0.3 is 0 Å². The monoisotopic (exact) mass is 323 g/mol. The second kappa shape index (κ2) is 7.38. The summed E-state index contributed by atoms with van der Waals surface area (Å²) >= 11 is 0. The largest absolute Gasteiger partial charge is 0.497 e. The molecule has 1 aromatic rings. The molecular weight excluding hydrogens is 298 g/mol. The van der Waals surface area contributed by atoms with Gasteiger partial charge in [0.05, 0.1) is 13.2 Å². The van der Waals surface area contributed by atoms with Gasteiger partial charge < -0.3 is 9.47 Å². The normalized spacial score (nSPS) is 23.5. The molecule has 0 aromatic heterocycles. The van der Waals surface area contributed by atoms with Crippen LogP contribution in [0.1, 0.15) is 32.3 Å². The molecule has 2 atom stereocenters. The van der Waals surface area contributed by atoms with Gasteiger partial charge in [0.25, 0.3) is 0 Å². The van der Waals surface area contributed by atoms with Crippen molar-refractivity contribution in [3.05, 3.63) is 29.8 Å². The fourth-order valence-corrected chi connectivity index (χ4v) is 3.44. The van der Waals surface area contributed by atoms with Gasteiger partial charge in [0.1, 0.15) is 18.1 Å². The Bertz CT molecular complexity index is 544. The number of halogens is 1. The van der Waals surface area contributed by atoms with Crippen molar-refractivity contribution in [1.82, 2.24) is 4.90 Å². The van der Waals surface area contributed by atoms with Crippen LogP contribution in [-0.2, 0) is 0 Å². The lowest BCUT2D eigenvalue weighted by Gasteiger charge is -2.42. The number of nitrogens with zero attached hydrogens (tertiary/aromatic N) is 1. The predicted molar refractivity (Wildman–Crippen MR) is 93.1 cm³/mol. The fourth-order valence-electron chi connectivity index (χ4n) is 3.44. The Labute approximate surface area is 139 Å². The molecule has 0 fully saturated rings. The third kappa shape index (κ3) is 3.11. The molecular formula is C18H26ClNO2. The van der Waals surface area contributed by atoms with E-state index in [1.165, 1.54) is 24.0 Å². The van der Waals surface area contributed by atoms with Gasteiger partial charge in [-0.25, -0.2) is 0 Å². The summed E-state index contributed by atoms with van der Waals surface area (Å²) in [6.45, 7) is 7.58. The highest BCUT2D eigenvalue weighted by Crippen LogP contribution is 2.40. The van der Waals surface area contributed by atoms with Crippen molar-refractivity contribution >= 4 is 18.0 Å². The average molecular weight is 324 g/mol. The van der Waals surface area contributed by atoms with Gasteiger partial charge in [-0.15, -0.1) is 12.4 Å². The minimum absolute atomic E-state index is 0. The van der Waals surface area contributed by atoms with Gasteiger partial charge in [-0.1, -0.05) is 19.9 Å². The van der Waals surface area contributed by atoms with E-state index < -0.39 is 0 Å². The molecule has 3 rings (SSSR count). The smallest absolute Gasteiger partial charge is 0.127 e. The van der Waals surface area contributed by atoms with Crippen molar-refractivity contribution < 1.29 is 9.47 Å². The Kier molecular flexibility index (Phi) is 5.76. The Morgan fingerprint density at radius 2 is 2.14 bits per heavy atom. The molecule has 0 radical (unpaired) electrons. The lowest BCUT2D eigenvalue weighted by atomic mass is 9.86. The molecule has 0 saturated heterocycles. The van der Waals surface area contributed by atoms with Crippen LogP contribution in [-0.4, -0.2) is 37.7 Å². The van der Waals surface area contributed by atoms with Crippen molar-refractivity contribution in [2.24, 2.45) is 5.92 Å². The standard InChI is InChI=1S/C18H25NO2.ClH/c1-4-8-19-11-13(5-2)9-15-16-10-14(20-3)6-7-18(16)21-12-17(15)19;/h6-7,9-10,13,17H,4-5,8,11-12H2,1-3H3;1H/t13-,17-;/m1./s1.